The molecule has 5 heteroatoms. The Kier molecular flexibility index (Phi) is 8.71. The van der Waals surface area contributed by atoms with Crippen molar-refractivity contribution in [3.8, 4) is 0 Å². The maximum atomic E-state index is 6.35. The predicted molar refractivity (Wildman–Crippen MR) is 149 cm³/mol. The fourth-order valence-electron chi connectivity index (χ4n) is 4.26. The molecule has 176 valence electrons. The maximum absolute atomic E-state index is 6.35. The molecule has 0 amide bonds. The van der Waals surface area contributed by atoms with E-state index in [2.05, 4.69) is 88.2 Å². The molecule has 34 heavy (non-hydrogen) atoms. The molecule has 1 heterocycles. The third-order valence-corrected chi connectivity index (χ3v) is 8.42. The molecule has 0 aliphatic carbocycles. The Labute approximate surface area is 209 Å². The zero-order valence-electron chi connectivity index (χ0n) is 20.7. The topological polar surface area (TPSA) is 23.4 Å². The number of hydrogen-bond acceptors (Lipinski definition) is 2. The zero-order valence-corrected chi connectivity index (χ0v) is 22.7. The molecule has 0 N–H and O–H groups in total. The third kappa shape index (κ3) is 5.97. The molecule has 3 rings (SSSR count). The van der Waals surface area contributed by atoms with Crippen molar-refractivity contribution in [3.05, 3.63) is 87.0 Å². The van der Waals surface area contributed by atoms with Gasteiger partial charge in [-0.15, -0.1) is 26.3 Å². The average molecular weight is 486 g/mol. The van der Waals surface area contributed by atoms with Crippen molar-refractivity contribution in [2.45, 2.75) is 50.7 Å². The van der Waals surface area contributed by atoms with Crippen LogP contribution < -0.4 is 10.4 Å². The van der Waals surface area contributed by atoms with Crippen LogP contribution in [0.2, 0.25) is 0 Å². The van der Waals surface area contributed by atoms with Crippen molar-refractivity contribution in [1.29, 1.82) is 0 Å². The van der Waals surface area contributed by atoms with E-state index in [0.29, 0.717) is 0 Å². The van der Waals surface area contributed by atoms with Gasteiger partial charge in [0, 0.05) is 28.9 Å². The molecule has 0 spiro atoms. The van der Waals surface area contributed by atoms with E-state index >= 15 is 0 Å². The molecule has 4 radical (unpaired) electrons. The fraction of sp³-hybridized carbons (Fsp3) is 0.310. The van der Waals surface area contributed by atoms with Gasteiger partial charge in [-0.1, -0.05) is 48.6 Å². The molecule has 0 bridgehead atoms. The summed E-state index contributed by atoms with van der Waals surface area (Å²) in [5.74, 6) is 0. The number of hydrogen-bond donors (Lipinski definition) is 0. The first-order valence-corrected chi connectivity index (χ1v) is 13.4. The van der Waals surface area contributed by atoms with E-state index in [0.717, 1.165) is 25.7 Å². The predicted octanol–water partition coefficient (Wildman–Crippen LogP) is 5.68. The van der Waals surface area contributed by atoms with Crippen molar-refractivity contribution < 1.29 is 8.85 Å². The summed E-state index contributed by atoms with van der Waals surface area (Å²) < 4.78 is 15.0. The molecule has 2 aromatic carbocycles. The number of rotatable bonds is 14. The van der Waals surface area contributed by atoms with Gasteiger partial charge in [0.2, 0.25) is 0 Å². The van der Waals surface area contributed by atoms with Crippen LogP contribution in [0.15, 0.2) is 87.0 Å². The van der Waals surface area contributed by atoms with Crippen molar-refractivity contribution in [1.82, 2.24) is 4.57 Å². The van der Waals surface area contributed by atoms with Crippen LogP contribution in [0.4, 0.5) is 0 Å². The molecule has 0 aliphatic heterocycles. The van der Waals surface area contributed by atoms with Crippen LogP contribution in [0, 0.1) is 0 Å². The monoisotopic (exact) mass is 485 g/mol. The van der Waals surface area contributed by atoms with Crippen molar-refractivity contribution >= 4 is 51.7 Å². The first kappa shape index (κ1) is 26.2. The molecule has 0 saturated heterocycles. The molecule has 0 unspecified atom stereocenters. The largest absolute Gasteiger partial charge is 0.406 e. The van der Waals surface area contributed by atoms with E-state index in [4.69, 9.17) is 8.85 Å². The molecule has 0 saturated carbocycles. The number of benzene rings is 2. The molecule has 0 aliphatic rings. The molecule has 1 aromatic heterocycles. The summed E-state index contributed by atoms with van der Waals surface area (Å²) >= 11 is 0. The lowest BCUT2D eigenvalue weighted by Gasteiger charge is -2.27. The maximum Gasteiger partial charge on any atom is 0.269 e. The van der Waals surface area contributed by atoms with E-state index in [-0.39, 0.29) is 30.7 Å². The van der Waals surface area contributed by atoms with E-state index in [1.54, 1.807) is 0 Å². The summed E-state index contributed by atoms with van der Waals surface area (Å²) in [6.45, 7) is 19.8. The van der Waals surface area contributed by atoms with Gasteiger partial charge < -0.3 is 13.4 Å². The Hall–Kier alpha value is -2.45. The summed E-state index contributed by atoms with van der Waals surface area (Å²) in [4.78, 5) is 0. The average Bonchev–Trinajstić information content (AvgIpc) is 3.08. The first-order valence-electron chi connectivity index (χ1n) is 11.6. The lowest BCUT2D eigenvalue weighted by atomic mass is 9.99. The van der Waals surface area contributed by atoms with Gasteiger partial charge in [0.1, 0.15) is 0 Å². The molecule has 3 nitrogen and oxygen atoms in total. The highest BCUT2D eigenvalue weighted by Crippen LogP contribution is 2.27. The highest BCUT2D eigenvalue weighted by molar-refractivity contribution is 6.48. The van der Waals surface area contributed by atoms with E-state index < -0.39 is 0 Å². The number of nitrogens with zero attached hydrogens (tertiary/aromatic N) is 1. The second kappa shape index (κ2) is 11.3. The van der Waals surface area contributed by atoms with Crippen LogP contribution in [0.5, 0.6) is 0 Å². The van der Waals surface area contributed by atoms with Crippen molar-refractivity contribution in [3.63, 3.8) is 0 Å². The standard InChI is InChI=1S/C29H35NO2Si2/c1-8-16-28(5,17-9-2)31-33-22-12-14-26-24(20-22)25-21-23(13-15-27(25)30(26)7)34-32-29(6,18-10-3)19-11-4/h8-15,20-21H,1-4,16-19H2,5-7H3. The van der Waals surface area contributed by atoms with Gasteiger partial charge in [-0.05, 0) is 62.0 Å². The second-order valence-electron chi connectivity index (χ2n) is 9.30. The molecule has 0 atom stereocenters. The summed E-state index contributed by atoms with van der Waals surface area (Å²) in [6, 6.07) is 13.3. The highest BCUT2D eigenvalue weighted by Gasteiger charge is 2.23. The molecule has 3 aromatic rings. The van der Waals surface area contributed by atoms with Gasteiger partial charge in [0.05, 0.1) is 11.2 Å². The Balaban J connectivity index is 1.89. The van der Waals surface area contributed by atoms with Gasteiger partial charge in [-0.2, -0.15) is 0 Å². The fourth-order valence-corrected chi connectivity index (χ4v) is 6.04. The Bertz CT molecular complexity index is 1080. The number of fused-ring (bicyclic) bond motifs is 3. The van der Waals surface area contributed by atoms with Crippen LogP contribution in [-0.4, -0.2) is 35.3 Å². The van der Waals surface area contributed by atoms with E-state index in [1.807, 2.05) is 24.3 Å². The Morgan fingerprint density at radius 3 is 1.38 bits per heavy atom. The van der Waals surface area contributed by atoms with Crippen LogP contribution in [0.25, 0.3) is 21.8 Å². The van der Waals surface area contributed by atoms with Crippen LogP contribution in [0.1, 0.15) is 39.5 Å². The van der Waals surface area contributed by atoms with Gasteiger partial charge in [0.15, 0.2) is 0 Å². The third-order valence-electron chi connectivity index (χ3n) is 6.14. The van der Waals surface area contributed by atoms with Crippen LogP contribution >= 0.6 is 0 Å². The summed E-state index contributed by atoms with van der Waals surface area (Å²) in [5.41, 5.74) is 1.89. The second-order valence-corrected chi connectivity index (χ2v) is 11.3. The van der Waals surface area contributed by atoms with Crippen LogP contribution in [0.3, 0.4) is 0 Å². The Morgan fingerprint density at radius 2 is 1.06 bits per heavy atom. The number of aromatic nitrogens is 1. The van der Waals surface area contributed by atoms with E-state index in [1.165, 1.54) is 32.2 Å². The van der Waals surface area contributed by atoms with Gasteiger partial charge >= 0.3 is 0 Å². The van der Waals surface area contributed by atoms with Gasteiger partial charge in [-0.3, -0.25) is 0 Å². The lowest BCUT2D eigenvalue weighted by Crippen LogP contribution is -2.33. The SMILES string of the molecule is C=CCC(C)(CC=C)O[Si]c1ccc2c(c1)c1cc([Si]OC(C)(CC=C)CC=C)ccc1n2C. The summed E-state index contributed by atoms with van der Waals surface area (Å²) in [7, 11) is 2.65. The Morgan fingerprint density at radius 1 is 0.706 bits per heavy atom. The number of aryl methyl sites for hydroxylation is 1. The zero-order chi connectivity index (χ0) is 24.8. The molecular weight excluding hydrogens is 450 g/mol. The summed E-state index contributed by atoms with van der Waals surface area (Å²) in [6.07, 6.45) is 10.9. The summed E-state index contributed by atoms with van der Waals surface area (Å²) in [5, 5.41) is 4.86. The highest BCUT2D eigenvalue weighted by atomic mass is 28.2. The van der Waals surface area contributed by atoms with Gasteiger partial charge in [-0.25, -0.2) is 0 Å². The van der Waals surface area contributed by atoms with Crippen molar-refractivity contribution in [2.75, 3.05) is 0 Å². The minimum atomic E-state index is -0.273. The molecular formula is C29H35NO2Si2. The van der Waals surface area contributed by atoms with E-state index in [9.17, 15) is 0 Å². The normalized spacial score (nSPS) is 12.2. The minimum Gasteiger partial charge on any atom is -0.406 e. The van der Waals surface area contributed by atoms with Crippen LogP contribution in [-0.2, 0) is 15.9 Å². The smallest absolute Gasteiger partial charge is 0.269 e. The minimum absolute atomic E-state index is 0.262. The molecule has 0 fully saturated rings. The van der Waals surface area contributed by atoms with Crippen molar-refractivity contribution in [2.24, 2.45) is 7.05 Å². The van der Waals surface area contributed by atoms with Gasteiger partial charge in [0.25, 0.3) is 19.5 Å². The first-order chi connectivity index (χ1) is 16.3. The lowest BCUT2D eigenvalue weighted by molar-refractivity contribution is 0.104. The quantitative estimate of drug-likeness (QED) is 0.217.